The summed E-state index contributed by atoms with van der Waals surface area (Å²) in [6.45, 7) is 27.8. The van der Waals surface area contributed by atoms with Crippen LogP contribution in [0.4, 0.5) is 0 Å². The van der Waals surface area contributed by atoms with Crippen LogP contribution in [0.25, 0.3) is 44.5 Å². The molecule has 61 heavy (non-hydrogen) atoms. The summed E-state index contributed by atoms with van der Waals surface area (Å²) in [6, 6.07) is 27.5. The molecule has 0 aliphatic carbocycles. The normalized spacial score (nSPS) is 11.7. The Bertz CT molecular complexity index is 2530. The van der Waals surface area contributed by atoms with E-state index in [4.69, 9.17) is 0 Å². The van der Waals surface area contributed by atoms with Crippen molar-refractivity contribution < 1.29 is 0 Å². The smallest absolute Gasteiger partial charge is 0.129 e. The number of benzene rings is 2. The molecule has 6 aromatic rings. The number of hydrogen-bond donors (Lipinski definition) is 0. The van der Waals surface area contributed by atoms with Gasteiger partial charge in [0.25, 0.3) is 0 Å². The fourth-order valence-electron chi connectivity index (χ4n) is 6.42. The van der Waals surface area contributed by atoms with Gasteiger partial charge in [0.05, 0.1) is 19.5 Å². The van der Waals surface area contributed by atoms with Crippen LogP contribution in [0, 0.1) is 45.9 Å². The molecule has 0 N–H and O–H groups in total. The van der Waals surface area contributed by atoms with E-state index in [9.17, 15) is 0 Å². The van der Waals surface area contributed by atoms with Gasteiger partial charge in [0.2, 0.25) is 0 Å². The van der Waals surface area contributed by atoms with Gasteiger partial charge in [-0.05, 0) is 83.0 Å². The van der Waals surface area contributed by atoms with E-state index >= 15 is 0 Å². The minimum atomic E-state index is -1.53. The van der Waals surface area contributed by atoms with E-state index in [1.54, 1.807) is 22.7 Å². The lowest BCUT2D eigenvalue weighted by molar-refractivity contribution is 0.686. The van der Waals surface area contributed by atoms with E-state index < -0.39 is 32.3 Å². The number of aryl methyl sites for hydroxylation is 2. The minimum absolute atomic E-state index is 1.09. The van der Waals surface area contributed by atoms with Crippen molar-refractivity contribution >= 4 is 77.6 Å². The van der Waals surface area contributed by atoms with Gasteiger partial charge in [-0.3, -0.25) is 0 Å². The monoisotopic (exact) mass is 936 g/mol. The molecule has 0 bridgehead atoms. The van der Waals surface area contributed by atoms with Crippen molar-refractivity contribution in [3.05, 3.63) is 113 Å². The average Bonchev–Trinajstić information content (AvgIpc) is 4.00. The van der Waals surface area contributed by atoms with Crippen molar-refractivity contribution in [3.63, 3.8) is 0 Å². The largest absolute Gasteiger partial charge is 0.135 e. The molecule has 0 amide bonds. The third kappa shape index (κ3) is 14.2. The highest BCUT2D eigenvalue weighted by atomic mass is 32.1. The van der Waals surface area contributed by atoms with Gasteiger partial charge < -0.3 is 0 Å². The summed E-state index contributed by atoms with van der Waals surface area (Å²) >= 11 is 7.29. The third-order valence-corrected chi connectivity index (χ3v) is 16.8. The summed E-state index contributed by atoms with van der Waals surface area (Å²) in [5.41, 5.74) is 24.4. The second kappa shape index (κ2) is 19.8. The second-order valence-corrected chi connectivity index (χ2v) is 43.1. The first kappa shape index (κ1) is 46.8. The molecule has 6 rings (SSSR count). The Kier molecular flexibility index (Phi) is 15.2. The van der Waals surface area contributed by atoms with Crippen LogP contribution in [-0.4, -0.2) is 32.3 Å². The first-order valence-corrected chi connectivity index (χ1v) is 38.8. The van der Waals surface area contributed by atoms with Gasteiger partial charge in [-0.25, -0.2) is 0 Å². The van der Waals surface area contributed by atoms with Crippen molar-refractivity contribution in [2.75, 3.05) is 0 Å². The predicted octanol–water partition coefficient (Wildman–Crippen LogP) is 16.5. The standard InChI is InChI=1S/C53H60S4Si4/c1-58(2,3)34-28-50-46(26-32-54-50)40-18-22-42(23-19-40)48-38-44(56-52(48)30-36-60(7,8)9)16-14-13-15-17-45-39-49(53(57-45)31-37-61(10,11)12)43-24-20-41(21-25-43)47-27-33-55-51(47)29-35-59(4,5)6/h18-27,32-33,38-39H,13-17H2,1-12H3. The van der Waals surface area contributed by atoms with E-state index in [-0.39, 0.29) is 0 Å². The van der Waals surface area contributed by atoms with Crippen molar-refractivity contribution in [2.24, 2.45) is 0 Å². The van der Waals surface area contributed by atoms with E-state index in [1.165, 1.54) is 93.0 Å². The SMILES string of the molecule is C[Si](C)(C)C#Cc1sccc1-c1ccc(-c2cc(CCCCCc3cc(-c4ccc(-c5ccsc5C#C[Si](C)(C)C)cc4)c(C#C[Si](C)(C)C)s3)sc2C#C[Si](C)(C)C)cc1. The second-order valence-electron chi connectivity index (χ2n) is 20.0. The summed E-state index contributed by atoms with van der Waals surface area (Å²) in [4.78, 5) is 7.62. The number of hydrogen-bond acceptors (Lipinski definition) is 4. The molecule has 0 nitrogen and oxygen atoms in total. The Morgan fingerprint density at radius 1 is 0.361 bits per heavy atom. The lowest BCUT2D eigenvalue weighted by Gasteiger charge is -2.06. The fourth-order valence-corrected chi connectivity index (χ4v) is 12.5. The predicted molar refractivity (Wildman–Crippen MR) is 288 cm³/mol. The summed E-state index contributed by atoms with van der Waals surface area (Å²) < 4.78 is 0. The van der Waals surface area contributed by atoms with E-state index in [0.717, 1.165) is 12.8 Å². The van der Waals surface area contributed by atoms with Gasteiger partial charge >= 0.3 is 0 Å². The zero-order valence-electron chi connectivity index (χ0n) is 38.3. The maximum absolute atomic E-state index is 3.66. The molecule has 2 aromatic carbocycles. The van der Waals surface area contributed by atoms with E-state index in [2.05, 4.69) is 208 Å². The van der Waals surface area contributed by atoms with Crippen molar-refractivity contribution in [2.45, 2.75) is 111 Å². The topological polar surface area (TPSA) is 0 Å². The van der Waals surface area contributed by atoms with Crippen LogP contribution in [0.5, 0.6) is 0 Å². The Balaban J connectivity index is 1.14. The summed E-state index contributed by atoms with van der Waals surface area (Å²) in [6.07, 6.45) is 5.72. The molecule has 0 unspecified atom stereocenters. The van der Waals surface area contributed by atoms with Crippen LogP contribution in [0.3, 0.4) is 0 Å². The van der Waals surface area contributed by atoms with Crippen LogP contribution >= 0.6 is 45.3 Å². The molecule has 4 aromatic heterocycles. The molecule has 0 radical (unpaired) electrons. The molecule has 4 heterocycles. The quantitative estimate of drug-likeness (QED) is 0.0729. The Labute approximate surface area is 388 Å². The lowest BCUT2D eigenvalue weighted by atomic mass is 10.00. The van der Waals surface area contributed by atoms with Gasteiger partial charge in [-0.2, -0.15) is 0 Å². The van der Waals surface area contributed by atoms with Crippen molar-refractivity contribution in [1.29, 1.82) is 0 Å². The van der Waals surface area contributed by atoms with E-state index in [0.29, 0.717) is 0 Å². The van der Waals surface area contributed by atoms with Gasteiger partial charge in [0.15, 0.2) is 0 Å². The molecular formula is C53H60S4Si4. The van der Waals surface area contributed by atoms with Crippen LogP contribution in [0.15, 0.2) is 83.6 Å². The van der Waals surface area contributed by atoms with Gasteiger partial charge in [-0.1, -0.05) is 157 Å². The molecule has 0 spiro atoms. The van der Waals surface area contributed by atoms with Crippen LogP contribution in [0.2, 0.25) is 78.6 Å². The number of thiophene rings is 4. The first-order valence-electron chi connectivity index (χ1n) is 21.4. The van der Waals surface area contributed by atoms with Crippen LogP contribution in [0.1, 0.15) is 48.5 Å². The fraction of sp³-hybridized carbons (Fsp3) is 0.321. The highest BCUT2D eigenvalue weighted by Crippen LogP contribution is 2.37. The molecular weight excluding hydrogens is 877 g/mol. The highest BCUT2D eigenvalue weighted by Gasteiger charge is 2.17. The zero-order chi connectivity index (χ0) is 44.0. The average molecular weight is 938 g/mol. The Morgan fingerprint density at radius 3 is 0.967 bits per heavy atom. The number of unbranched alkanes of at least 4 members (excludes halogenated alkanes) is 2. The van der Waals surface area contributed by atoms with Crippen LogP contribution in [-0.2, 0) is 12.8 Å². The van der Waals surface area contributed by atoms with E-state index in [1.807, 2.05) is 22.7 Å². The van der Waals surface area contributed by atoms with Gasteiger partial charge in [-0.15, -0.1) is 67.5 Å². The Morgan fingerprint density at radius 2 is 0.656 bits per heavy atom. The van der Waals surface area contributed by atoms with Gasteiger partial charge in [0, 0.05) is 32.0 Å². The molecule has 0 aliphatic heterocycles. The Hall–Kier alpha value is -3.65. The summed E-state index contributed by atoms with van der Waals surface area (Å²) in [7, 11) is -5.96. The van der Waals surface area contributed by atoms with Gasteiger partial charge in [0.1, 0.15) is 32.3 Å². The molecule has 0 atom stereocenters. The molecule has 0 fully saturated rings. The molecule has 0 saturated carbocycles. The molecule has 0 aliphatic rings. The minimum Gasteiger partial charge on any atom is -0.135 e. The molecule has 8 heteroatoms. The third-order valence-electron chi connectivity index (χ3n) is 9.46. The molecule has 0 saturated heterocycles. The van der Waals surface area contributed by atoms with Crippen molar-refractivity contribution in [3.8, 4) is 90.4 Å². The molecule has 312 valence electrons. The summed E-state index contributed by atoms with van der Waals surface area (Å²) in [5, 5.41) is 4.33. The van der Waals surface area contributed by atoms with Crippen LogP contribution < -0.4 is 0 Å². The maximum Gasteiger partial charge on any atom is 0.129 e. The zero-order valence-corrected chi connectivity index (χ0v) is 45.5. The number of rotatable bonds is 10. The van der Waals surface area contributed by atoms with Crippen molar-refractivity contribution in [1.82, 2.24) is 0 Å². The maximum atomic E-state index is 3.66. The highest BCUT2D eigenvalue weighted by molar-refractivity contribution is 7.13. The summed E-state index contributed by atoms with van der Waals surface area (Å²) in [5.74, 6) is 14.3. The lowest BCUT2D eigenvalue weighted by Crippen LogP contribution is -2.16. The first-order chi connectivity index (χ1) is 28.7.